The number of rotatable bonds is 5. The van der Waals surface area contributed by atoms with Crippen LogP contribution in [0.5, 0.6) is 0 Å². The van der Waals surface area contributed by atoms with Crippen molar-refractivity contribution in [3.63, 3.8) is 0 Å². The monoisotopic (exact) mass is 363 g/mol. The number of aryl methyl sites for hydroxylation is 1. The summed E-state index contributed by atoms with van der Waals surface area (Å²) in [4.78, 5) is 0. The Morgan fingerprint density at radius 1 is 1.33 bits per heavy atom. The number of nitrogens with one attached hydrogen (secondary N) is 1. The maximum Gasteiger partial charge on any atom is 0.0409 e. The molecule has 0 fully saturated rings. The first kappa shape index (κ1) is 15.3. The molecule has 1 heterocycles. The molecular formula is C18H22BrNS. The van der Waals surface area contributed by atoms with Crippen molar-refractivity contribution < 1.29 is 0 Å². The van der Waals surface area contributed by atoms with E-state index >= 15 is 0 Å². The molecule has 0 saturated carbocycles. The molecule has 0 aliphatic heterocycles. The molecule has 2 unspecified atom stereocenters. The van der Waals surface area contributed by atoms with E-state index in [-0.39, 0.29) is 0 Å². The Morgan fingerprint density at radius 3 is 2.95 bits per heavy atom. The second-order valence-corrected chi connectivity index (χ2v) is 7.40. The molecule has 0 radical (unpaired) electrons. The molecular weight excluding hydrogens is 342 g/mol. The Balaban J connectivity index is 1.96. The van der Waals surface area contributed by atoms with Gasteiger partial charge in [-0.1, -0.05) is 31.2 Å². The fourth-order valence-electron chi connectivity index (χ4n) is 3.42. The highest BCUT2D eigenvalue weighted by Gasteiger charge is 2.29. The van der Waals surface area contributed by atoms with Crippen LogP contribution in [-0.4, -0.2) is 6.54 Å². The standard InChI is InChI=1S/C18H22BrNS/c1-2-10-20-18(16-11-21-12-17(16)19)15-9-5-7-13-6-3-4-8-14(13)15/h3-4,6,8,11-12,15,18,20H,2,5,7,9-10H2,1H3. The average Bonchev–Trinajstić information content (AvgIpc) is 2.94. The van der Waals surface area contributed by atoms with Crippen LogP contribution in [0.25, 0.3) is 0 Å². The van der Waals surface area contributed by atoms with Crippen molar-refractivity contribution in [3.05, 3.63) is 56.2 Å². The van der Waals surface area contributed by atoms with Crippen LogP contribution in [0.1, 0.15) is 54.8 Å². The number of hydrogen-bond donors (Lipinski definition) is 1. The number of halogens is 1. The maximum atomic E-state index is 3.80. The van der Waals surface area contributed by atoms with Gasteiger partial charge < -0.3 is 5.32 Å². The van der Waals surface area contributed by atoms with Crippen LogP contribution in [0, 0.1) is 0 Å². The normalized spacial score (nSPS) is 19.2. The summed E-state index contributed by atoms with van der Waals surface area (Å²) in [6.07, 6.45) is 4.99. The molecule has 0 bridgehead atoms. The van der Waals surface area contributed by atoms with E-state index in [1.165, 1.54) is 35.7 Å². The second kappa shape index (κ2) is 7.08. The topological polar surface area (TPSA) is 12.0 Å². The van der Waals surface area contributed by atoms with Gasteiger partial charge in [0.1, 0.15) is 0 Å². The second-order valence-electron chi connectivity index (χ2n) is 5.80. The zero-order valence-corrected chi connectivity index (χ0v) is 14.8. The van der Waals surface area contributed by atoms with Crippen LogP contribution in [0.4, 0.5) is 0 Å². The van der Waals surface area contributed by atoms with E-state index in [0.717, 1.165) is 6.54 Å². The predicted octanol–water partition coefficient (Wildman–Crippen LogP) is 5.67. The third kappa shape index (κ3) is 3.25. The Hall–Kier alpha value is -0.640. The van der Waals surface area contributed by atoms with E-state index < -0.39 is 0 Å². The van der Waals surface area contributed by atoms with Crippen molar-refractivity contribution in [1.82, 2.24) is 5.32 Å². The lowest BCUT2D eigenvalue weighted by molar-refractivity contribution is 0.401. The van der Waals surface area contributed by atoms with E-state index in [1.807, 2.05) is 0 Å². The van der Waals surface area contributed by atoms with Crippen LogP contribution >= 0.6 is 27.3 Å². The van der Waals surface area contributed by atoms with Gasteiger partial charge in [-0.3, -0.25) is 0 Å². The molecule has 1 N–H and O–H groups in total. The van der Waals surface area contributed by atoms with E-state index in [4.69, 9.17) is 0 Å². The Kier molecular flexibility index (Phi) is 5.15. The third-order valence-corrected chi connectivity index (χ3v) is 6.16. The fourth-order valence-corrected chi connectivity index (χ4v) is 5.00. The molecule has 1 aliphatic rings. The van der Waals surface area contributed by atoms with Crippen LogP contribution in [0.2, 0.25) is 0 Å². The van der Waals surface area contributed by atoms with Gasteiger partial charge in [0.25, 0.3) is 0 Å². The first-order chi connectivity index (χ1) is 10.3. The molecule has 0 amide bonds. The van der Waals surface area contributed by atoms with Gasteiger partial charge in [0.05, 0.1) is 0 Å². The zero-order valence-electron chi connectivity index (χ0n) is 12.4. The summed E-state index contributed by atoms with van der Waals surface area (Å²) in [6.45, 7) is 3.31. The van der Waals surface area contributed by atoms with Gasteiger partial charge in [0, 0.05) is 21.8 Å². The maximum absolute atomic E-state index is 3.80. The van der Waals surface area contributed by atoms with Crippen LogP contribution in [-0.2, 0) is 6.42 Å². The summed E-state index contributed by atoms with van der Waals surface area (Å²) < 4.78 is 1.25. The fraction of sp³-hybridized carbons (Fsp3) is 0.444. The summed E-state index contributed by atoms with van der Waals surface area (Å²) in [6, 6.07) is 9.43. The van der Waals surface area contributed by atoms with Crippen molar-refractivity contribution in [1.29, 1.82) is 0 Å². The van der Waals surface area contributed by atoms with Crippen LogP contribution in [0.15, 0.2) is 39.5 Å². The summed E-state index contributed by atoms with van der Waals surface area (Å²) in [5.74, 6) is 0.590. The molecule has 112 valence electrons. The third-order valence-electron chi connectivity index (χ3n) is 4.41. The molecule has 0 spiro atoms. The van der Waals surface area contributed by atoms with Crippen molar-refractivity contribution in [2.75, 3.05) is 6.54 Å². The molecule has 3 heteroatoms. The van der Waals surface area contributed by atoms with E-state index in [9.17, 15) is 0 Å². The smallest absolute Gasteiger partial charge is 0.0409 e. The molecule has 3 rings (SSSR count). The summed E-state index contributed by atoms with van der Waals surface area (Å²) in [7, 11) is 0. The van der Waals surface area contributed by atoms with Crippen molar-refractivity contribution in [3.8, 4) is 0 Å². The largest absolute Gasteiger partial charge is 0.309 e. The van der Waals surface area contributed by atoms with Crippen molar-refractivity contribution >= 4 is 27.3 Å². The highest BCUT2D eigenvalue weighted by atomic mass is 79.9. The summed E-state index contributed by atoms with van der Waals surface area (Å²) in [5.41, 5.74) is 4.52. The predicted molar refractivity (Wildman–Crippen MR) is 95.2 cm³/mol. The van der Waals surface area contributed by atoms with Crippen molar-refractivity contribution in [2.45, 2.75) is 44.6 Å². The van der Waals surface area contributed by atoms with Crippen LogP contribution < -0.4 is 5.32 Å². The lowest BCUT2D eigenvalue weighted by atomic mass is 9.77. The van der Waals surface area contributed by atoms with Gasteiger partial charge in [-0.15, -0.1) is 0 Å². The van der Waals surface area contributed by atoms with Gasteiger partial charge >= 0.3 is 0 Å². The highest BCUT2D eigenvalue weighted by molar-refractivity contribution is 9.10. The first-order valence-electron chi connectivity index (χ1n) is 7.84. The number of hydrogen-bond acceptors (Lipinski definition) is 2. The SMILES string of the molecule is CCCNC(c1cscc1Br)C1CCCc2ccccc21. The molecule has 0 saturated heterocycles. The number of benzene rings is 1. The quantitative estimate of drug-likeness (QED) is 0.721. The Bertz CT molecular complexity index is 592. The minimum Gasteiger partial charge on any atom is -0.309 e. The molecule has 1 aliphatic carbocycles. The van der Waals surface area contributed by atoms with E-state index in [0.29, 0.717) is 12.0 Å². The molecule has 2 atom stereocenters. The van der Waals surface area contributed by atoms with Gasteiger partial charge in [0.15, 0.2) is 0 Å². The molecule has 1 aromatic heterocycles. The van der Waals surface area contributed by atoms with Gasteiger partial charge in [-0.05, 0) is 70.2 Å². The number of fused-ring (bicyclic) bond motifs is 1. The summed E-state index contributed by atoms with van der Waals surface area (Å²) in [5, 5.41) is 8.30. The zero-order chi connectivity index (χ0) is 14.7. The molecule has 21 heavy (non-hydrogen) atoms. The lowest BCUT2D eigenvalue weighted by Gasteiger charge is -2.33. The van der Waals surface area contributed by atoms with Gasteiger partial charge in [0.2, 0.25) is 0 Å². The average molecular weight is 364 g/mol. The summed E-state index contributed by atoms with van der Waals surface area (Å²) >= 11 is 5.52. The lowest BCUT2D eigenvalue weighted by Crippen LogP contribution is -2.30. The van der Waals surface area contributed by atoms with Gasteiger partial charge in [-0.25, -0.2) is 0 Å². The van der Waals surface area contributed by atoms with E-state index in [1.54, 1.807) is 22.5 Å². The minimum atomic E-state index is 0.423. The highest BCUT2D eigenvalue weighted by Crippen LogP contribution is 2.43. The molecule has 1 aromatic carbocycles. The minimum absolute atomic E-state index is 0.423. The van der Waals surface area contributed by atoms with Gasteiger partial charge in [-0.2, -0.15) is 11.3 Å². The number of thiophene rings is 1. The van der Waals surface area contributed by atoms with Crippen molar-refractivity contribution in [2.24, 2.45) is 0 Å². The van der Waals surface area contributed by atoms with Crippen LogP contribution in [0.3, 0.4) is 0 Å². The Morgan fingerprint density at radius 2 is 2.19 bits per heavy atom. The first-order valence-corrected chi connectivity index (χ1v) is 9.57. The Labute approximate surface area is 139 Å². The molecule has 2 aromatic rings. The van der Waals surface area contributed by atoms with E-state index in [2.05, 4.69) is 63.2 Å². The molecule has 1 nitrogen and oxygen atoms in total.